The SMILES string of the molecule is C[C@H](OC(=O)c1cc(-c2ccco2)nc2ccccc12)C(=O)N1CCc2ccccc21. The van der Waals surface area contributed by atoms with E-state index in [2.05, 4.69) is 4.98 Å². The van der Waals surface area contributed by atoms with Crippen LogP contribution in [-0.4, -0.2) is 29.5 Å². The Labute approximate surface area is 179 Å². The number of para-hydroxylation sites is 2. The number of rotatable bonds is 4. The van der Waals surface area contributed by atoms with E-state index in [0.717, 1.165) is 17.7 Å². The summed E-state index contributed by atoms with van der Waals surface area (Å²) in [7, 11) is 0. The summed E-state index contributed by atoms with van der Waals surface area (Å²) in [6.07, 6.45) is 1.43. The summed E-state index contributed by atoms with van der Waals surface area (Å²) in [5.74, 6) is -0.250. The highest BCUT2D eigenvalue weighted by Gasteiger charge is 2.30. The summed E-state index contributed by atoms with van der Waals surface area (Å²) in [5.41, 5.74) is 3.53. The van der Waals surface area contributed by atoms with E-state index >= 15 is 0 Å². The number of furan rings is 1. The Morgan fingerprint density at radius 2 is 1.87 bits per heavy atom. The van der Waals surface area contributed by atoms with Gasteiger partial charge in [-0.2, -0.15) is 0 Å². The van der Waals surface area contributed by atoms with Crippen LogP contribution in [0.15, 0.2) is 77.4 Å². The van der Waals surface area contributed by atoms with E-state index in [1.165, 1.54) is 0 Å². The van der Waals surface area contributed by atoms with Gasteiger partial charge < -0.3 is 14.1 Å². The minimum Gasteiger partial charge on any atom is -0.463 e. The maximum absolute atomic E-state index is 13.1. The maximum Gasteiger partial charge on any atom is 0.339 e. The third-order valence-electron chi connectivity index (χ3n) is 5.49. The summed E-state index contributed by atoms with van der Waals surface area (Å²) in [5, 5.41) is 0.661. The van der Waals surface area contributed by atoms with E-state index in [9.17, 15) is 9.59 Å². The van der Waals surface area contributed by atoms with Gasteiger partial charge in [0, 0.05) is 17.6 Å². The minimum atomic E-state index is -0.919. The minimum absolute atomic E-state index is 0.233. The average Bonchev–Trinajstić information content (AvgIpc) is 3.48. The van der Waals surface area contributed by atoms with Crippen molar-refractivity contribution in [3.8, 4) is 11.5 Å². The molecule has 2 aromatic carbocycles. The number of fused-ring (bicyclic) bond motifs is 2. The van der Waals surface area contributed by atoms with Crippen molar-refractivity contribution in [2.45, 2.75) is 19.4 Å². The highest BCUT2D eigenvalue weighted by atomic mass is 16.5. The zero-order chi connectivity index (χ0) is 21.4. The van der Waals surface area contributed by atoms with Crippen LogP contribution in [0.25, 0.3) is 22.4 Å². The molecule has 0 unspecified atom stereocenters. The molecule has 0 aliphatic carbocycles. The maximum atomic E-state index is 13.1. The van der Waals surface area contributed by atoms with Crippen LogP contribution in [0.1, 0.15) is 22.8 Å². The number of carbonyl (C=O) groups is 2. The van der Waals surface area contributed by atoms with Crippen molar-refractivity contribution < 1.29 is 18.7 Å². The van der Waals surface area contributed by atoms with Crippen molar-refractivity contribution in [1.82, 2.24) is 4.98 Å². The largest absolute Gasteiger partial charge is 0.463 e. The first-order chi connectivity index (χ1) is 15.1. The molecule has 0 spiro atoms. The molecule has 0 fully saturated rings. The van der Waals surface area contributed by atoms with Crippen molar-refractivity contribution in [1.29, 1.82) is 0 Å². The number of benzene rings is 2. The van der Waals surface area contributed by atoms with Gasteiger partial charge in [0.15, 0.2) is 11.9 Å². The number of ether oxygens (including phenoxy) is 1. The Morgan fingerprint density at radius 1 is 1.06 bits per heavy atom. The molecule has 1 aliphatic rings. The quantitative estimate of drug-likeness (QED) is 0.457. The monoisotopic (exact) mass is 412 g/mol. The van der Waals surface area contributed by atoms with E-state index < -0.39 is 12.1 Å². The molecule has 31 heavy (non-hydrogen) atoms. The van der Waals surface area contributed by atoms with Crippen LogP contribution in [0, 0.1) is 0 Å². The molecule has 6 nitrogen and oxygen atoms in total. The Morgan fingerprint density at radius 3 is 2.71 bits per heavy atom. The van der Waals surface area contributed by atoms with E-state index in [-0.39, 0.29) is 5.91 Å². The summed E-state index contributed by atoms with van der Waals surface area (Å²) in [4.78, 5) is 32.4. The Balaban J connectivity index is 1.43. The fourth-order valence-corrected chi connectivity index (χ4v) is 3.96. The van der Waals surface area contributed by atoms with Crippen LogP contribution in [-0.2, 0) is 16.0 Å². The fourth-order valence-electron chi connectivity index (χ4n) is 3.96. The van der Waals surface area contributed by atoms with Gasteiger partial charge in [-0.05, 0) is 49.2 Å². The molecular weight excluding hydrogens is 392 g/mol. The zero-order valence-corrected chi connectivity index (χ0v) is 16.9. The second-order valence-electron chi connectivity index (χ2n) is 7.47. The van der Waals surface area contributed by atoms with E-state index in [0.29, 0.717) is 34.5 Å². The number of hydrogen-bond acceptors (Lipinski definition) is 5. The van der Waals surface area contributed by atoms with Gasteiger partial charge >= 0.3 is 5.97 Å². The zero-order valence-electron chi connectivity index (χ0n) is 16.9. The molecule has 3 heterocycles. The fraction of sp³-hybridized carbons (Fsp3) is 0.160. The van der Waals surface area contributed by atoms with Gasteiger partial charge in [-0.3, -0.25) is 4.79 Å². The first kappa shape index (κ1) is 19.1. The molecule has 5 rings (SSSR count). The number of carbonyl (C=O) groups excluding carboxylic acids is 2. The third-order valence-corrected chi connectivity index (χ3v) is 5.49. The number of hydrogen-bond donors (Lipinski definition) is 0. The van der Waals surface area contributed by atoms with Gasteiger partial charge in [-0.25, -0.2) is 9.78 Å². The number of nitrogens with zero attached hydrogens (tertiary/aromatic N) is 2. The number of pyridine rings is 1. The van der Waals surface area contributed by atoms with E-state index in [1.807, 2.05) is 48.5 Å². The average molecular weight is 412 g/mol. The molecule has 1 aliphatic heterocycles. The standard InChI is InChI=1S/C25H20N2O4/c1-16(24(28)27-13-12-17-7-2-5-10-22(17)27)31-25(29)19-15-21(23-11-6-14-30-23)26-20-9-4-3-8-18(19)20/h2-11,14-16H,12-13H2,1H3/t16-/m0/s1. The van der Waals surface area contributed by atoms with Gasteiger partial charge in [-0.1, -0.05) is 36.4 Å². The van der Waals surface area contributed by atoms with Crippen molar-refractivity contribution in [2.75, 3.05) is 11.4 Å². The highest BCUT2D eigenvalue weighted by Crippen LogP contribution is 2.29. The topological polar surface area (TPSA) is 72.6 Å². The van der Waals surface area contributed by atoms with Crippen molar-refractivity contribution in [3.63, 3.8) is 0 Å². The number of anilines is 1. The summed E-state index contributed by atoms with van der Waals surface area (Å²) in [6, 6.07) is 20.3. The molecule has 4 aromatic rings. The Bertz CT molecular complexity index is 1280. The van der Waals surface area contributed by atoms with Crippen molar-refractivity contribution in [2.24, 2.45) is 0 Å². The molecule has 2 aromatic heterocycles. The van der Waals surface area contributed by atoms with Gasteiger partial charge in [0.25, 0.3) is 5.91 Å². The van der Waals surface area contributed by atoms with Crippen molar-refractivity contribution in [3.05, 3.63) is 84.1 Å². The number of esters is 1. The molecule has 0 bridgehead atoms. The Hall–Kier alpha value is -3.93. The lowest BCUT2D eigenvalue weighted by atomic mass is 10.1. The molecule has 1 amide bonds. The predicted octanol–water partition coefficient (Wildman–Crippen LogP) is 4.63. The lowest BCUT2D eigenvalue weighted by molar-refractivity contribution is -0.126. The second-order valence-corrected chi connectivity index (χ2v) is 7.47. The molecule has 0 N–H and O–H groups in total. The van der Waals surface area contributed by atoms with Crippen LogP contribution >= 0.6 is 0 Å². The van der Waals surface area contributed by atoms with Gasteiger partial charge in [0.2, 0.25) is 0 Å². The highest BCUT2D eigenvalue weighted by molar-refractivity contribution is 6.06. The molecule has 0 saturated carbocycles. The van der Waals surface area contributed by atoms with Gasteiger partial charge in [0.05, 0.1) is 17.3 Å². The van der Waals surface area contributed by atoms with Gasteiger partial charge in [-0.15, -0.1) is 0 Å². The molecule has 6 heteroatoms. The second kappa shape index (κ2) is 7.72. The summed E-state index contributed by atoms with van der Waals surface area (Å²) in [6.45, 7) is 2.19. The predicted molar refractivity (Wildman–Crippen MR) is 117 cm³/mol. The lowest BCUT2D eigenvalue weighted by Gasteiger charge is -2.22. The smallest absolute Gasteiger partial charge is 0.339 e. The van der Waals surface area contributed by atoms with Crippen LogP contribution < -0.4 is 4.90 Å². The summed E-state index contributed by atoms with van der Waals surface area (Å²) < 4.78 is 11.1. The molecular formula is C25H20N2O4. The van der Waals surface area contributed by atoms with E-state index in [1.54, 1.807) is 36.3 Å². The molecule has 0 radical (unpaired) electrons. The number of aromatic nitrogens is 1. The van der Waals surface area contributed by atoms with Gasteiger partial charge in [0.1, 0.15) is 5.69 Å². The van der Waals surface area contributed by atoms with Crippen molar-refractivity contribution >= 4 is 28.5 Å². The van der Waals surface area contributed by atoms with Crippen LogP contribution in [0.5, 0.6) is 0 Å². The normalized spacial score (nSPS) is 13.8. The number of amides is 1. The molecule has 0 saturated heterocycles. The van der Waals surface area contributed by atoms with E-state index in [4.69, 9.17) is 9.15 Å². The summed E-state index contributed by atoms with van der Waals surface area (Å²) >= 11 is 0. The third kappa shape index (κ3) is 3.46. The first-order valence-electron chi connectivity index (χ1n) is 10.2. The lowest BCUT2D eigenvalue weighted by Crippen LogP contribution is -2.39. The van der Waals surface area contributed by atoms with Crippen LogP contribution in [0.2, 0.25) is 0 Å². The molecule has 154 valence electrons. The van der Waals surface area contributed by atoms with Crippen LogP contribution in [0.3, 0.4) is 0 Å². The molecule has 1 atom stereocenters. The van der Waals surface area contributed by atoms with Crippen LogP contribution in [0.4, 0.5) is 5.69 Å². The Kier molecular flexibility index (Phi) is 4.75. The first-order valence-corrected chi connectivity index (χ1v) is 10.2.